The summed E-state index contributed by atoms with van der Waals surface area (Å²) < 4.78 is 5.17. The number of rotatable bonds is 9. The number of nitrogens with one attached hydrogen (secondary N) is 2. The van der Waals surface area contributed by atoms with Gasteiger partial charge in [0.15, 0.2) is 0 Å². The molecule has 0 aliphatic heterocycles. The Morgan fingerprint density at radius 2 is 1.83 bits per heavy atom. The second-order valence-electron chi connectivity index (χ2n) is 5.52. The van der Waals surface area contributed by atoms with Crippen molar-refractivity contribution >= 4 is 11.8 Å². The highest BCUT2D eigenvalue weighted by molar-refractivity contribution is 5.42. The molecule has 0 saturated heterocycles. The highest BCUT2D eigenvalue weighted by Crippen LogP contribution is 2.13. The fourth-order valence-electron chi connectivity index (χ4n) is 2.24. The highest BCUT2D eigenvalue weighted by Gasteiger charge is 2.02. The van der Waals surface area contributed by atoms with Crippen LogP contribution < -0.4 is 15.4 Å². The van der Waals surface area contributed by atoms with Crippen molar-refractivity contribution in [1.82, 2.24) is 9.97 Å². The summed E-state index contributed by atoms with van der Waals surface area (Å²) in [6.45, 7) is 5.91. The fraction of sp³-hybridized carbons (Fsp3) is 0.444. The first-order valence-corrected chi connectivity index (χ1v) is 8.17. The molecule has 0 fully saturated rings. The van der Waals surface area contributed by atoms with Crippen LogP contribution in [0.4, 0.5) is 11.8 Å². The van der Waals surface area contributed by atoms with Gasteiger partial charge in [-0.2, -0.15) is 4.98 Å². The number of aromatic nitrogens is 2. The third-order valence-corrected chi connectivity index (χ3v) is 3.55. The smallest absolute Gasteiger partial charge is 0.224 e. The van der Waals surface area contributed by atoms with E-state index < -0.39 is 0 Å². The number of anilines is 2. The van der Waals surface area contributed by atoms with Crippen LogP contribution in [-0.2, 0) is 6.42 Å². The summed E-state index contributed by atoms with van der Waals surface area (Å²) in [5.74, 6) is 2.45. The average molecular weight is 314 g/mol. The molecule has 5 heteroatoms. The van der Waals surface area contributed by atoms with E-state index in [9.17, 15) is 0 Å². The lowest BCUT2D eigenvalue weighted by Gasteiger charge is -2.10. The molecule has 2 aromatic rings. The summed E-state index contributed by atoms with van der Waals surface area (Å²) in [5.41, 5.74) is 2.22. The molecule has 0 aliphatic carbocycles. The summed E-state index contributed by atoms with van der Waals surface area (Å²) in [6, 6.07) is 10.1. The van der Waals surface area contributed by atoms with Crippen molar-refractivity contribution in [3.8, 4) is 5.75 Å². The molecule has 0 amide bonds. The van der Waals surface area contributed by atoms with Crippen LogP contribution in [0.2, 0.25) is 0 Å². The molecule has 1 aromatic carbocycles. The van der Waals surface area contributed by atoms with Crippen LogP contribution in [0.5, 0.6) is 5.75 Å². The molecule has 0 bridgehead atoms. The summed E-state index contributed by atoms with van der Waals surface area (Å²) in [4.78, 5) is 8.95. The van der Waals surface area contributed by atoms with E-state index in [1.54, 1.807) is 7.11 Å². The number of hydrogen-bond donors (Lipinski definition) is 2. The molecular weight excluding hydrogens is 288 g/mol. The summed E-state index contributed by atoms with van der Waals surface area (Å²) in [6.07, 6.45) is 3.23. The standard InChI is InChI=1S/C18H26N4O/c1-4-5-11-19-17-13-14(2)21-18(22-17)20-12-10-15-6-8-16(23-3)9-7-15/h6-9,13H,4-5,10-12H2,1-3H3,(H2,19,20,21,22). The lowest BCUT2D eigenvalue weighted by atomic mass is 10.1. The molecule has 2 rings (SSSR count). The zero-order valence-electron chi connectivity index (χ0n) is 14.2. The largest absolute Gasteiger partial charge is 0.497 e. The molecule has 1 aromatic heterocycles. The van der Waals surface area contributed by atoms with Gasteiger partial charge in [0.25, 0.3) is 0 Å². The van der Waals surface area contributed by atoms with Gasteiger partial charge in [-0.1, -0.05) is 25.5 Å². The van der Waals surface area contributed by atoms with Gasteiger partial charge in [-0.15, -0.1) is 0 Å². The van der Waals surface area contributed by atoms with Crippen LogP contribution >= 0.6 is 0 Å². The van der Waals surface area contributed by atoms with E-state index in [4.69, 9.17) is 4.74 Å². The number of nitrogens with zero attached hydrogens (tertiary/aromatic N) is 2. The topological polar surface area (TPSA) is 59.1 Å². The van der Waals surface area contributed by atoms with Gasteiger partial charge in [-0.3, -0.25) is 0 Å². The van der Waals surface area contributed by atoms with Gasteiger partial charge >= 0.3 is 0 Å². The van der Waals surface area contributed by atoms with Crippen LogP contribution in [0.15, 0.2) is 30.3 Å². The van der Waals surface area contributed by atoms with Crippen LogP contribution in [0.25, 0.3) is 0 Å². The fourth-order valence-corrected chi connectivity index (χ4v) is 2.24. The molecule has 2 N–H and O–H groups in total. The van der Waals surface area contributed by atoms with E-state index in [-0.39, 0.29) is 0 Å². The Bertz CT molecular complexity index is 598. The molecule has 5 nitrogen and oxygen atoms in total. The van der Waals surface area contributed by atoms with Gasteiger partial charge < -0.3 is 15.4 Å². The van der Waals surface area contributed by atoms with Gasteiger partial charge in [0.05, 0.1) is 7.11 Å². The van der Waals surface area contributed by atoms with Crippen molar-refractivity contribution in [2.24, 2.45) is 0 Å². The van der Waals surface area contributed by atoms with Gasteiger partial charge in [-0.25, -0.2) is 4.98 Å². The van der Waals surface area contributed by atoms with E-state index in [2.05, 4.69) is 39.7 Å². The minimum atomic E-state index is 0.678. The molecule has 23 heavy (non-hydrogen) atoms. The summed E-state index contributed by atoms with van der Waals surface area (Å²) in [5, 5.41) is 6.64. The minimum absolute atomic E-state index is 0.678. The zero-order valence-corrected chi connectivity index (χ0v) is 14.2. The van der Waals surface area contributed by atoms with Crippen LogP contribution in [0, 0.1) is 6.92 Å². The van der Waals surface area contributed by atoms with Crippen molar-refractivity contribution in [3.63, 3.8) is 0 Å². The lowest BCUT2D eigenvalue weighted by Crippen LogP contribution is -2.11. The van der Waals surface area contributed by atoms with Gasteiger partial charge in [0.2, 0.25) is 5.95 Å². The molecule has 0 aliphatic rings. The Hall–Kier alpha value is -2.30. The van der Waals surface area contributed by atoms with E-state index >= 15 is 0 Å². The van der Waals surface area contributed by atoms with E-state index in [1.165, 1.54) is 12.0 Å². The Kier molecular flexibility index (Phi) is 6.66. The van der Waals surface area contributed by atoms with Crippen molar-refractivity contribution in [3.05, 3.63) is 41.6 Å². The second-order valence-corrected chi connectivity index (χ2v) is 5.52. The summed E-state index contributed by atoms with van der Waals surface area (Å²) in [7, 11) is 1.68. The SMILES string of the molecule is CCCCNc1cc(C)nc(NCCc2ccc(OC)cc2)n1. The van der Waals surface area contributed by atoms with Crippen LogP contribution in [-0.4, -0.2) is 30.2 Å². The number of aryl methyl sites for hydroxylation is 1. The van der Waals surface area contributed by atoms with E-state index in [0.717, 1.165) is 43.2 Å². The third-order valence-electron chi connectivity index (χ3n) is 3.55. The number of ether oxygens (including phenoxy) is 1. The Morgan fingerprint density at radius 3 is 2.52 bits per heavy atom. The molecule has 0 unspecified atom stereocenters. The zero-order chi connectivity index (χ0) is 16.5. The molecule has 0 spiro atoms. The molecule has 0 atom stereocenters. The predicted molar refractivity (Wildman–Crippen MR) is 95.4 cm³/mol. The first-order valence-electron chi connectivity index (χ1n) is 8.17. The maximum Gasteiger partial charge on any atom is 0.224 e. The number of unbranched alkanes of at least 4 members (excludes halogenated alkanes) is 1. The van der Waals surface area contributed by atoms with Gasteiger partial charge in [-0.05, 0) is 37.5 Å². The first kappa shape index (κ1) is 17.1. The number of methoxy groups -OCH3 is 1. The number of hydrogen-bond acceptors (Lipinski definition) is 5. The van der Waals surface area contributed by atoms with Crippen LogP contribution in [0.1, 0.15) is 31.0 Å². The van der Waals surface area contributed by atoms with Crippen molar-refractivity contribution in [2.75, 3.05) is 30.8 Å². The highest BCUT2D eigenvalue weighted by atomic mass is 16.5. The van der Waals surface area contributed by atoms with Crippen molar-refractivity contribution < 1.29 is 4.74 Å². The second kappa shape index (κ2) is 8.98. The maximum absolute atomic E-state index is 5.17. The van der Waals surface area contributed by atoms with Crippen LogP contribution in [0.3, 0.4) is 0 Å². The van der Waals surface area contributed by atoms with Crippen molar-refractivity contribution in [1.29, 1.82) is 0 Å². The molecule has 0 saturated carbocycles. The average Bonchev–Trinajstić information content (AvgIpc) is 2.55. The molecular formula is C18H26N4O. The van der Waals surface area contributed by atoms with Crippen molar-refractivity contribution in [2.45, 2.75) is 33.1 Å². The normalized spacial score (nSPS) is 10.4. The Balaban J connectivity index is 1.86. The molecule has 124 valence electrons. The maximum atomic E-state index is 5.17. The summed E-state index contributed by atoms with van der Waals surface area (Å²) >= 11 is 0. The minimum Gasteiger partial charge on any atom is -0.497 e. The monoisotopic (exact) mass is 314 g/mol. The third kappa shape index (κ3) is 5.77. The molecule has 1 heterocycles. The molecule has 0 radical (unpaired) electrons. The predicted octanol–water partition coefficient (Wildman–Crippen LogP) is 3.66. The Labute approximate surface area is 138 Å². The van der Waals surface area contributed by atoms with Gasteiger partial charge in [0.1, 0.15) is 11.6 Å². The first-order chi connectivity index (χ1) is 11.2. The van der Waals surface area contributed by atoms with E-state index in [0.29, 0.717) is 5.95 Å². The number of benzene rings is 1. The quantitative estimate of drug-likeness (QED) is 0.692. The van der Waals surface area contributed by atoms with E-state index in [1.807, 2.05) is 25.1 Å². The Morgan fingerprint density at radius 1 is 1.04 bits per heavy atom. The van der Waals surface area contributed by atoms with Gasteiger partial charge in [0, 0.05) is 24.8 Å². The lowest BCUT2D eigenvalue weighted by molar-refractivity contribution is 0.414.